The van der Waals surface area contributed by atoms with Crippen molar-refractivity contribution in [1.29, 1.82) is 0 Å². The highest BCUT2D eigenvalue weighted by Crippen LogP contribution is 2.74. The Bertz CT molecular complexity index is 801. The molecule has 4 aliphatic carbocycles. The number of epoxide rings is 1. The Morgan fingerprint density at radius 1 is 1.25 bits per heavy atom. The molecule has 0 aromatic rings. The fourth-order valence-corrected chi connectivity index (χ4v) is 8.64. The average Bonchev–Trinajstić information content (AvgIpc) is 3.44. The topological polar surface area (TPSA) is 43.5 Å². The molecule has 5 nitrogen and oxygen atoms in total. The normalized spacial score (nSPS) is 47.3. The van der Waals surface area contributed by atoms with Crippen LogP contribution in [0.2, 0.25) is 0 Å². The maximum absolute atomic E-state index is 6.47. The van der Waals surface area contributed by atoms with Gasteiger partial charge in [-0.05, 0) is 87.3 Å². The molecule has 1 saturated heterocycles. The third-order valence-electron chi connectivity index (χ3n) is 10.2. The summed E-state index contributed by atoms with van der Waals surface area (Å²) in [6, 6.07) is 0. The van der Waals surface area contributed by atoms with E-state index in [-0.39, 0.29) is 17.1 Å². The van der Waals surface area contributed by atoms with Crippen LogP contribution >= 0.6 is 12.2 Å². The minimum atomic E-state index is -0.167. The Balaban J connectivity index is 1.35. The molecule has 6 heteroatoms. The molecule has 180 valence electrons. The number of nitrogens with zero attached hydrogens (tertiary/aromatic N) is 1. The average molecular weight is 464 g/mol. The smallest absolute Gasteiger partial charge is 0.259 e. The maximum Gasteiger partial charge on any atom is 0.259 e. The Hall–Kier alpha value is -0.690. The zero-order valence-corrected chi connectivity index (χ0v) is 21.5. The molecule has 4 fully saturated rings. The van der Waals surface area contributed by atoms with Gasteiger partial charge >= 0.3 is 0 Å². The number of methoxy groups -OCH3 is 1. The molecule has 0 unspecified atom stereocenters. The molecule has 32 heavy (non-hydrogen) atoms. The van der Waals surface area contributed by atoms with Gasteiger partial charge in [-0.25, -0.2) is 0 Å². The fourth-order valence-electron chi connectivity index (χ4n) is 8.50. The van der Waals surface area contributed by atoms with Crippen LogP contribution in [0.25, 0.3) is 0 Å². The van der Waals surface area contributed by atoms with Crippen molar-refractivity contribution in [2.24, 2.45) is 28.6 Å². The van der Waals surface area contributed by atoms with Gasteiger partial charge in [-0.2, -0.15) is 0 Å². The summed E-state index contributed by atoms with van der Waals surface area (Å²) >= 11 is 5.47. The zero-order chi connectivity index (χ0) is 22.9. The minimum Gasteiger partial charge on any atom is -0.465 e. The van der Waals surface area contributed by atoms with Gasteiger partial charge < -0.3 is 23.8 Å². The lowest BCUT2D eigenvalue weighted by Gasteiger charge is -2.58. The van der Waals surface area contributed by atoms with Crippen molar-refractivity contribution >= 4 is 17.4 Å². The van der Waals surface area contributed by atoms with E-state index in [2.05, 4.69) is 26.8 Å². The lowest BCUT2D eigenvalue weighted by Crippen LogP contribution is -2.55. The summed E-state index contributed by atoms with van der Waals surface area (Å²) in [6.07, 6.45) is 11.6. The molecule has 5 aliphatic rings. The molecule has 9 atom stereocenters. The van der Waals surface area contributed by atoms with Crippen molar-refractivity contribution in [2.45, 2.75) is 89.6 Å². The summed E-state index contributed by atoms with van der Waals surface area (Å²) in [5.41, 5.74) is 1.98. The highest BCUT2D eigenvalue weighted by molar-refractivity contribution is 7.80. The van der Waals surface area contributed by atoms with Crippen LogP contribution in [0.15, 0.2) is 11.6 Å². The second kappa shape index (κ2) is 7.93. The van der Waals surface area contributed by atoms with Gasteiger partial charge in [-0.1, -0.05) is 25.5 Å². The van der Waals surface area contributed by atoms with Crippen LogP contribution in [-0.4, -0.2) is 62.0 Å². The molecule has 0 radical (unpaired) electrons. The number of allylic oxidation sites excluding steroid dienone is 1. The Morgan fingerprint density at radius 2 is 2.03 bits per heavy atom. The molecule has 1 heterocycles. The number of rotatable bonds is 5. The van der Waals surface area contributed by atoms with E-state index in [1.54, 1.807) is 12.7 Å². The molecule has 0 aromatic carbocycles. The van der Waals surface area contributed by atoms with Crippen LogP contribution in [0.5, 0.6) is 0 Å². The Kier molecular flexibility index (Phi) is 5.72. The van der Waals surface area contributed by atoms with E-state index in [4.69, 9.17) is 31.2 Å². The van der Waals surface area contributed by atoms with Gasteiger partial charge in [0, 0.05) is 26.6 Å². The van der Waals surface area contributed by atoms with Crippen LogP contribution in [0, 0.1) is 28.6 Å². The van der Waals surface area contributed by atoms with Gasteiger partial charge in [0.05, 0.1) is 12.2 Å². The van der Waals surface area contributed by atoms with Gasteiger partial charge in [0.15, 0.2) is 0 Å². The third-order valence-corrected chi connectivity index (χ3v) is 10.7. The van der Waals surface area contributed by atoms with Crippen LogP contribution < -0.4 is 0 Å². The molecule has 5 rings (SSSR count). The van der Waals surface area contributed by atoms with Gasteiger partial charge in [0.2, 0.25) is 0 Å². The van der Waals surface area contributed by atoms with Gasteiger partial charge in [0.25, 0.3) is 5.17 Å². The summed E-state index contributed by atoms with van der Waals surface area (Å²) < 4.78 is 23.8. The molecule has 0 N–H and O–H groups in total. The summed E-state index contributed by atoms with van der Waals surface area (Å²) in [7, 11) is 5.60. The van der Waals surface area contributed by atoms with Crippen LogP contribution in [0.3, 0.4) is 0 Å². The maximum atomic E-state index is 6.47. The van der Waals surface area contributed by atoms with E-state index in [1.807, 2.05) is 19.0 Å². The van der Waals surface area contributed by atoms with E-state index >= 15 is 0 Å². The third kappa shape index (κ3) is 3.15. The largest absolute Gasteiger partial charge is 0.465 e. The second-order valence-electron chi connectivity index (χ2n) is 11.7. The molecule has 3 saturated carbocycles. The van der Waals surface area contributed by atoms with Gasteiger partial charge in [-0.3, -0.25) is 0 Å². The molecule has 0 aromatic heterocycles. The summed E-state index contributed by atoms with van der Waals surface area (Å²) in [6.45, 7) is 7.63. The molecular formula is C26H41NO4S. The van der Waals surface area contributed by atoms with Gasteiger partial charge in [0.1, 0.15) is 18.5 Å². The Labute approximate surface area is 199 Å². The lowest BCUT2D eigenvalue weighted by atomic mass is 9.47. The number of ether oxygens (including phenoxy) is 4. The second-order valence-corrected chi connectivity index (χ2v) is 12.1. The molecule has 0 bridgehead atoms. The first-order valence-corrected chi connectivity index (χ1v) is 12.9. The quantitative estimate of drug-likeness (QED) is 0.249. The van der Waals surface area contributed by atoms with E-state index in [9.17, 15) is 0 Å². The van der Waals surface area contributed by atoms with E-state index in [0.29, 0.717) is 35.5 Å². The van der Waals surface area contributed by atoms with Gasteiger partial charge in [-0.15, -0.1) is 0 Å². The lowest BCUT2D eigenvalue weighted by molar-refractivity contribution is -0.116. The fraction of sp³-hybridized carbons (Fsp3) is 0.885. The number of hydrogen-bond donors (Lipinski definition) is 0. The first-order chi connectivity index (χ1) is 15.2. The molecule has 1 aliphatic heterocycles. The van der Waals surface area contributed by atoms with Crippen LogP contribution in [-0.2, 0) is 18.9 Å². The van der Waals surface area contributed by atoms with Crippen molar-refractivity contribution in [3.8, 4) is 0 Å². The van der Waals surface area contributed by atoms with E-state index in [1.165, 1.54) is 32.1 Å². The SMILES string of the molecule is COCO[C@H]1CC[C@@]2(C)C(=CC[C@@H]3[C@@H]2CC[C@@]2(C)[C@H]3C[C@H]3O[C@]32[C@@H](C)OC(=S)N(C)C)C1. The predicted molar refractivity (Wildman–Crippen MR) is 128 cm³/mol. The molecular weight excluding hydrogens is 422 g/mol. The number of thiocarbonyl (C=S) groups is 1. The van der Waals surface area contributed by atoms with E-state index < -0.39 is 0 Å². The van der Waals surface area contributed by atoms with Crippen molar-refractivity contribution in [1.82, 2.24) is 4.90 Å². The standard InChI is InChI=1S/C26H41NO4S/c1-16(30-23(32)27(4)5)26-22(31-26)14-21-19-8-7-17-13-18(29-15-28-6)9-11-24(17,2)20(19)10-12-25(21,26)3/h7,16,18-22H,8-15H2,1-6H3/t16-,18+,19-,20+,21+,22-,24+,25+,26-/m1/s1. The van der Waals surface area contributed by atoms with Crippen molar-refractivity contribution in [2.75, 3.05) is 28.0 Å². The first-order valence-electron chi connectivity index (χ1n) is 12.5. The van der Waals surface area contributed by atoms with Crippen LogP contribution in [0.4, 0.5) is 0 Å². The monoisotopic (exact) mass is 463 g/mol. The summed E-state index contributed by atoms with van der Waals surface area (Å²) in [5, 5.41) is 0.562. The summed E-state index contributed by atoms with van der Waals surface area (Å²) in [4.78, 5) is 1.88. The van der Waals surface area contributed by atoms with Crippen molar-refractivity contribution < 1.29 is 18.9 Å². The van der Waals surface area contributed by atoms with E-state index in [0.717, 1.165) is 24.7 Å². The number of hydrogen-bond acceptors (Lipinski definition) is 5. The highest BCUT2D eigenvalue weighted by Gasteiger charge is 2.79. The molecule has 0 amide bonds. The molecule has 0 spiro atoms. The highest BCUT2D eigenvalue weighted by atomic mass is 32.1. The Morgan fingerprint density at radius 3 is 2.75 bits per heavy atom. The first kappa shape index (κ1) is 23.1. The summed E-state index contributed by atoms with van der Waals surface area (Å²) in [5.74, 6) is 2.23. The number of fused-ring (bicyclic) bond motifs is 7. The minimum absolute atomic E-state index is 0.00685. The van der Waals surface area contributed by atoms with Crippen molar-refractivity contribution in [3.63, 3.8) is 0 Å². The predicted octanol–water partition coefficient (Wildman–Crippen LogP) is 4.94. The zero-order valence-electron chi connectivity index (χ0n) is 20.7. The van der Waals surface area contributed by atoms with Crippen molar-refractivity contribution in [3.05, 3.63) is 11.6 Å². The van der Waals surface area contributed by atoms with Crippen LogP contribution in [0.1, 0.15) is 65.7 Å².